The van der Waals surface area contributed by atoms with Crippen LogP contribution in [0.3, 0.4) is 0 Å². The van der Waals surface area contributed by atoms with E-state index in [1.54, 1.807) is 6.92 Å². The summed E-state index contributed by atoms with van der Waals surface area (Å²) in [6.45, 7) is 4.15. The fourth-order valence-corrected chi connectivity index (χ4v) is 1.91. The van der Waals surface area contributed by atoms with Crippen LogP contribution in [0.25, 0.3) is 0 Å². The summed E-state index contributed by atoms with van der Waals surface area (Å²) in [5, 5.41) is 12.5. The zero-order chi connectivity index (χ0) is 14.4. The Hall–Kier alpha value is -1.60. The van der Waals surface area contributed by atoms with Gasteiger partial charge in [0, 0.05) is 12.2 Å². The summed E-state index contributed by atoms with van der Waals surface area (Å²) < 4.78 is 21.7. The second-order valence-electron chi connectivity index (χ2n) is 4.15. The van der Waals surface area contributed by atoms with Gasteiger partial charge in [-0.1, -0.05) is 13.3 Å². The Bertz CT molecular complexity index is 491. The van der Waals surface area contributed by atoms with Crippen molar-refractivity contribution in [3.63, 3.8) is 0 Å². The Morgan fingerprint density at radius 3 is 2.68 bits per heavy atom. The molecule has 4 N–H and O–H groups in total. The molecule has 0 saturated carbocycles. The maximum atomic E-state index is 11.9. The first-order chi connectivity index (χ1) is 8.95. The third kappa shape index (κ3) is 4.53. The zero-order valence-electron chi connectivity index (χ0n) is 10.9. The molecule has 0 aliphatic rings. The van der Waals surface area contributed by atoms with Gasteiger partial charge in [0.05, 0.1) is 5.56 Å². The molecule has 0 aromatic heterocycles. The zero-order valence-corrected chi connectivity index (χ0v) is 11.7. The predicted molar refractivity (Wildman–Crippen MR) is 74.5 cm³/mol. The van der Waals surface area contributed by atoms with Gasteiger partial charge in [0.15, 0.2) is 0 Å². The quantitative estimate of drug-likeness (QED) is 0.364. The molecule has 0 fully saturated rings. The molecule has 0 saturated heterocycles. The number of unbranched alkanes of at least 4 members (excludes halogenated alkanes) is 1. The average molecular weight is 286 g/mol. The van der Waals surface area contributed by atoms with Crippen LogP contribution in [0, 0.1) is 6.92 Å². The van der Waals surface area contributed by atoms with Crippen molar-refractivity contribution in [3.05, 3.63) is 23.3 Å². The highest BCUT2D eigenvalue weighted by molar-refractivity contribution is 7.80. The van der Waals surface area contributed by atoms with Crippen LogP contribution in [0.2, 0.25) is 0 Å². The molecule has 1 rings (SSSR count). The van der Waals surface area contributed by atoms with E-state index >= 15 is 0 Å². The van der Waals surface area contributed by atoms with E-state index in [0.717, 1.165) is 12.8 Å². The molecule has 0 bridgehead atoms. The lowest BCUT2D eigenvalue weighted by atomic mass is 10.1. The van der Waals surface area contributed by atoms with Crippen LogP contribution in [-0.4, -0.2) is 26.3 Å². The SMILES string of the molecule is CCCCNC(=O)c1cc(NS(=O)O)cc(C)c1O. The minimum absolute atomic E-state index is 0.0871. The third-order valence-corrected chi connectivity index (χ3v) is 2.98. The van der Waals surface area contributed by atoms with E-state index in [9.17, 15) is 14.1 Å². The van der Waals surface area contributed by atoms with E-state index in [4.69, 9.17) is 4.55 Å². The topological polar surface area (TPSA) is 98.7 Å². The monoisotopic (exact) mass is 286 g/mol. The average Bonchev–Trinajstić information content (AvgIpc) is 2.33. The number of aromatic hydroxyl groups is 1. The Balaban J connectivity index is 2.94. The number of benzene rings is 1. The van der Waals surface area contributed by atoms with Gasteiger partial charge >= 0.3 is 0 Å². The molecule has 0 radical (unpaired) electrons. The Labute approximate surface area is 114 Å². The highest BCUT2D eigenvalue weighted by Gasteiger charge is 2.14. The van der Waals surface area contributed by atoms with Gasteiger partial charge in [-0.15, -0.1) is 0 Å². The highest BCUT2D eigenvalue weighted by atomic mass is 32.2. The molecule has 6 nitrogen and oxygen atoms in total. The van der Waals surface area contributed by atoms with E-state index in [-0.39, 0.29) is 11.3 Å². The molecular formula is C12H18N2O4S. The number of hydrogen-bond acceptors (Lipinski definition) is 3. The Kier molecular flexibility index (Phi) is 5.78. The third-order valence-electron chi connectivity index (χ3n) is 2.57. The second-order valence-corrected chi connectivity index (χ2v) is 4.85. The normalized spacial score (nSPS) is 11.9. The van der Waals surface area contributed by atoms with Crippen LogP contribution >= 0.6 is 0 Å². The predicted octanol–water partition coefficient (Wildman–Crippen LogP) is 1.78. The van der Waals surface area contributed by atoms with Crippen LogP contribution in [0.5, 0.6) is 5.75 Å². The maximum Gasteiger partial charge on any atom is 0.259 e. The molecule has 0 aliphatic carbocycles. The summed E-state index contributed by atoms with van der Waals surface area (Å²) in [5.74, 6) is -0.523. The maximum absolute atomic E-state index is 11.9. The molecule has 7 heteroatoms. The van der Waals surface area contributed by atoms with Gasteiger partial charge in [-0.05, 0) is 31.0 Å². The van der Waals surface area contributed by atoms with E-state index in [1.165, 1.54) is 12.1 Å². The van der Waals surface area contributed by atoms with Gasteiger partial charge < -0.3 is 10.4 Å². The number of phenolic OH excluding ortho intramolecular Hbond substituents is 1. The number of hydrogen-bond donors (Lipinski definition) is 4. The summed E-state index contributed by atoms with van der Waals surface area (Å²) in [7, 11) is 0. The van der Waals surface area contributed by atoms with Gasteiger partial charge in [0.1, 0.15) is 5.75 Å². The fourth-order valence-electron chi connectivity index (χ4n) is 1.59. The van der Waals surface area contributed by atoms with Crippen LogP contribution in [0.15, 0.2) is 12.1 Å². The molecule has 1 atom stereocenters. The fraction of sp³-hybridized carbons (Fsp3) is 0.417. The van der Waals surface area contributed by atoms with Crippen molar-refractivity contribution in [2.24, 2.45) is 0 Å². The number of rotatable bonds is 6. The number of anilines is 1. The lowest BCUT2D eigenvalue weighted by molar-refractivity contribution is 0.0950. The van der Waals surface area contributed by atoms with Gasteiger partial charge in [0.25, 0.3) is 17.2 Å². The van der Waals surface area contributed by atoms with Crippen LogP contribution in [-0.2, 0) is 11.3 Å². The molecule has 0 aliphatic heterocycles. The van der Waals surface area contributed by atoms with Crippen molar-refractivity contribution >= 4 is 22.9 Å². The van der Waals surface area contributed by atoms with Crippen LogP contribution in [0.4, 0.5) is 5.69 Å². The first kappa shape index (κ1) is 15.5. The van der Waals surface area contributed by atoms with Crippen molar-refractivity contribution in [1.29, 1.82) is 0 Å². The molecule has 1 amide bonds. The van der Waals surface area contributed by atoms with E-state index < -0.39 is 17.2 Å². The Morgan fingerprint density at radius 1 is 1.42 bits per heavy atom. The Morgan fingerprint density at radius 2 is 2.11 bits per heavy atom. The standard InChI is InChI=1S/C12H18N2O4S/c1-3-4-5-13-12(16)10-7-9(14-19(17)18)6-8(2)11(10)15/h6-7,14-15H,3-5H2,1-2H3,(H,13,16)(H,17,18). The van der Waals surface area contributed by atoms with E-state index in [1.807, 2.05) is 6.92 Å². The number of nitrogens with one attached hydrogen (secondary N) is 2. The number of phenols is 1. The summed E-state index contributed by atoms with van der Waals surface area (Å²) in [4.78, 5) is 11.9. The second kappa shape index (κ2) is 7.10. The van der Waals surface area contributed by atoms with Crippen molar-refractivity contribution < 1.29 is 18.7 Å². The van der Waals surface area contributed by atoms with E-state index in [0.29, 0.717) is 17.8 Å². The number of amides is 1. The molecule has 0 heterocycles. The van der Waals surface area contributed by atoms with Gasteiger partial charge in [-0.25, -0.2) is 4.21 Å². The largest absolute Gasteiger partial charge is 0.507 e. The molecule has 19 heavy (non-hydrogen) atoms. The first-order valence-electron chi connectivity index (χ1n) is 5.95. The van der Waals surface area contributed by atoms with Crippen LogP contribution < -0.4 is 10.0 Å². The molecule has 0 spiro atoms. The van der Waals surface area contributed by atoms with Crippen molar-refractivity contribution in [2.45, 2.75) is 26.7 Å². The molecule has 106 valence electrons. The minimum atomic E-state index is -2.22. The van der Waals surface area contributed by atoms with E-state index in [2.05, 4.69) is 10.0 Å². The number of aryl methyl sites for hydroxylation is 1. The van der Waals surface area contributed by atoms with Crippen molar-refractivity contribution in [2.75, 3.05) is 11.3 Å². The number of carbonyl (C=O) groups excluding carboxylic acids is 1. The highest BCUT2D eigenvalue weighted by Crippen LogP contribution is 2.26. The minimum Gasteiger partial charge on any atom is -0.507 e. The van der Waals surface area contributed by atoms with Crippen LogP contribution in [0.1, 0.15) is 35.7 Å². The van der Waals surface area contributed by atoms with Crippen molar-refractivity contribution in [1.82, 2.24) is 5.32 Å². The lowest BCUT2D eigenvalue weighted by Crippen LogP contribution is -2.24. The summed E-state index contributed by atoms with van der Waals surface area (Å²) in [6, 6.07) is 2.84. The molecular weight excluding hydrogens is 268 g/mol. The summed E-state index contributed by atoms with van der Waals surface area (Å²) in [5.41, 5.74) is 0.844. The first-order valence-corrected chi connectivity index (χ1v) is 7.05. The summed E-state index contributed by atoms with van der Waals surface area (Å²) in [6.07, 6.45) is 1.81. The summed E-state index contributed by atoms with van der Waals surface area (Å²) >= 11 is -2.22. The lowest BCUT2D eigenvalue weighted by Gasteiger charge is -2.11. The molecule has 1 aromatic carbocycles. The number of carbonyl (C=O) groups is 1. The molecule has 1 aromatic rings. The van der Waals surface area contributed by atoms with Gasteiger partial charge in [-0.3, -0.25) is 14.1 Å². The van der Waals surface area contributed by atoms with Crippen molar-refractivity contribution in [3.8, 4) is 5.75 Å². The smallest absolute Gasteiger partial charge is 0.259 e. The van der Waals surface area contributed by atoms with Gasteiger partial charge in [0.2, 0.25) is 0 Å². The van der Waals surface area contributed by atoms with Gasteiger partial charge in [-0.2, -0.15) is 0 Å². The molecule has 1 unspecified atom stereocenters.